The summed E-state index contributed by atoms with van der Waals surface area (Å²) in [5.41, 5.74) is 0.892. The molecule has 0 aromatic heterocycles. The van der Waals surface area contributed by atoms with Gasteiger partial charge in [0, 0.05) is 30.5 Å². The van der Waals surface area contributed by atoms with Crippen molar-refractivity contribution >= 4 is 5.97 Å². The fourth-order valence-electron chi connectivity index (χ4n) is 3.92. The van der Waals surface area contributed by atoms with E-state index in [2.05, 4.69) is 6.92 Å². The summed E-state index contributed by atoms with van der Waals surface area (Å²) in [6.07, 6.45) is 6.37. The largest absolute Gasteiger partial charge is 0.507 e. The minimum absolute atomic E-state index is 0.118. The van der Waals surface area contributed by atoms with E-state index in [0.29, 0.717) is 23.3 Å². The molecule has 0 aliphatic carbocycles. The molecule has 4 N–H and O–H groups in total. The van der Waals surface area contributed by atoms with E-state index >= 15 is 0 Å². The Kier molecular flexibility index (Phi) is 8.22. The fourth-order valence-corrected chi connectivity index (χ4v) is 3.92. The standard InChI is InChI=1S/C25H32O7/c1-2-3-4-5-6-7-8-9-24(30)31-17-13-20(27)18-15-22(29)25(32-23(18)14-17)16-10-11-19(26)21(28)12-16/h10-14,22,25-29H,2-9,15H2,1H3/t22-,25-/m0/s1. The number of fused-ring (bicyclic) bond motifs is 1. The molecule has 174 valence electrons. The number of hydrogen-bond donors (Lipinski definition) is 4. The van der Waals surface area contributed by atoms with Crippen LogP contribution in [0.4, 0.5) is 0 Å². The van der Waals surface area contributed by atoms with Gasteiger partial charge in [-0.05, 0) is 24.1 Å². The van der Waals surface area contributed by atoms with Gasteiger partial charge < -0.3 is 29.9 Å². The van der Waals surface area contributed by atoms with Crippen molar-refractivity contribution in [1.29, 1.82) is 0 Å². The predicted molar refractivity (Wildman–Crippen MR) is 119 cm³/mol. The lowest BCUT2D eigenvalue weighted by atomic mass is 9.94. The number of aliphatic hydroxyl groups excluding tert-OH is 1. The highest BCUT2D eigenvalue weighted by Gasteiger charge is 2.32. The molecule has 0 unspecified atom stereocenters. The number of aromatic hydroxyl groups is 3. The van der Waals surface area contributed by atoms with Crippen molar-refractivity contribution in [2.45, 2.75) is 76.9 Å². The van der Waals surface area contributed by atoms with Gasteiger partial charge in [0.2, 0.25) is 0 Å². The summed E-state index contributed by atoms with van der Waals surface area (Å²) >= 11 is 0. The van der Waals surface area contributed by atoms with Crippen LogP contribution in [0.25, 0.3) is 0 Å². The predicted octanol–water partition coefficient (Wildman–Crippen LogP) is 4.89. The lowest BCUT2D eigenvalue weighted by Gasteiger charge is -2.31. The molecule has 0 amide bonds. The van der Waals surface area contributed by atoms with Crippen LogP contribution in [0.5, 0.6) is 28.7 Å². The van der Waals surface area contributed by atoms with Crippen LogP contribution in [0.1, 0.15) is 75.5 Å². The lowest BCUT2D eigenvalue weighted by Crippen LogP contribution is -2.30. The van der Waals surface area contributed by atoms with Gasteiger partial charge in [0.15, 0.2) is 11.5 Å². The van der Waals surface area contributed by atoms with Crippen LogP contribution < -0.4 is 9.47 Å². The van der Waals surface area contributed by atoms with E-state index in [1.54, 1.807) is 6.07 Å². The van der Waals surface area contributed by atoms with Gasteiger partial charge in [-0.2, -0.15) is 0 Å². The number of esters is 1. The summed E-state index contributed by atoms with van der Waals surface area (Å²) in [7, 11) is 0. The molecular formula is C25H32O7. The average molecular weight is 445 g/mol. The van der Waals surface area contributed by atoms with Crippen molar-refractivity contribution in [3.05, 3.63) is 41.5 Å². The Balaban J connectivity index is 1.61. The number of carbonyl (C=O) groups excluding carboxylic acids is 1. The minimum Gasteiger partial charge on any atom is -0.507 e. The third kappa shape index (κ3) is 6.07. The van der Waals surface area contributed by atoms with E-state index in [-0.39, 0.29) is 35.4 Å². The quantitative estimate of drug-likeness (QED) is 0.178. The molecule has 0 saturated heterocycles. The van der Waals surface area contributed by atoms with Gasteiger partial charge in [0.25, 0.3) is 0 Å². The zero-order valence-electron chi connectivity index (χ0n) is 18.4. The zero-order valence-corrected chi connectivity index (χ0v) is 18.4. The topological polar surface area (TPSA) is 116 Å². The highest BCUT2D eigenvalue weighted by Crippen LogP contribution is 2.43. The zero-order chi connectivity index (χ0) is 23.1. The second kappa shape index (κ2) is 11.1. The molecule has 2 aromatic rings. The molecule has 2 atom stereocenters. The molecular weight excluding hydrogens is 412 g/mol. The van der Waals surface area contributed by atoms with E-state index in [4.69, 9.17) is 9.47 Å². The molecule has 7 nitrogen and oxygen atoms in total. The number of ether oxygens (including phenoxy) is 2. The third-order valence-corrected chi connectivity index (χ3v) is 5.72. The van der Waals surface area contributed by atoms with Crippen LogP contribution in [-0.4, -0.2) is 32.5 Å². The first-order valence-corrected chi connectivity index (χ1v) is 11.3. The molecule has 0 fully saturated rings. The summed E-state index contributed by atoms with van der Waals surface area (Å²) in [4.78, 5) is 12.2. The monoisotopic (exact) mass is 444 g/mol. The number of carbonyl (C=O) groups is 1. The minimum atomic E-state index is -0.969. The SMILES string of the molecule is CCCCCCCCCC(=O)Oc1cc(O)c2c(c1)O[C@@H](c1ccc(O)c(O)c1)[C@@H](O)C2. The normalized spacial score (nSPS) is 17.4. The number of phenols is 3. The van der Waals surface area contributed by atoms with Gasteiger partial charge in [-0.15, -0.1) is 0 Å². The first-order valence-electron chi connectivity index (χ1n) is 11.3. The number of phenolic OH excluding ortho intramolecular Hbond substituents is 3. The number of unbranched alkanes of at least 4 members (excludes halogenated alkanes) is 6. The highest BCUT2D eigenvalue weighted by atomic mass is 16.5. The molecule has 0 bridgehead atoms. The first kappa shape index (κ1) is 23.7. The van der Waals surface area contributed by atoms with Crippen LogP contribution >= 0.6 is 0 Å². The van der Waals surface area contributed by atoms with Gasteiger partial charge in [-0.1, -0.05) is 51.5 Å². The number of hydrogen-bond acceptors (Lipinski definition) is 7. The van der Waals surface area contributed by atoms with Crippen molar-refractivity contribution in [3.8, 4) is 28.7 Å². The van der Waals surface area contributed by atoms with E-state index in [1.165, 1.54) is 49.9 Å². The van der Waals surface area contributed by atoms with Crippen LogP contribution in [-0.2, 0) is 11.2 Å². The van der Waals surface area contributed by atoms with Crippen molar-refractivity contribution in [2.24, 2.45) is 0 Å². The lowest BCUT2D eigenvalue weighted by molar-refractivity contribution is -0.134. The summed E-state index contributed by atoms with van der Waals surface area (Å²) in [6, 6.07) is 7.05. The average Bonchev–Trinajstić information content (AvgIpc) is 2.75. The van der Waals surface area contributed by atoms with Crippen LogP contribution in [0.2, 0.25) is 0 Å². The van der Waals surface area contributed by atoms with Crippen molar-refractivity contribution in [2.75, 3.05) is 0 Å². The number of aliphatic hydroxyl groups is 1. The van der Waals surface area contributed by atoms with Crippen molar-refractivity contribution in [1.82, 2.24) is 0 Å². The van der Waals surface area contributed by atoms with E-state index in [0.717, 1.165) is 19.3 Å². The maximum absolute atomic E-state index is 12.2. The fraction of sp³-hybridized carbons (Fsp3) is 0.480. The summed E-state index contributed by atoms with van der Waals surface area (Å²) in [5.74, 6) is -0.599. The summed E-state index contributed by atoms with van der Waals surface area (Å²) in [6.45, 7) is 2.18. The molecule has 0 radical (unpaired) electrons. The van der Waals surface area contributed by atoms with Gasteiger partial charge >= 0.3 is 5.97 Å². The van der Waals surface area contributed by atoms with Gasteiger partial charge in [-0.25, -0.2) is 0 Å². The van der Waals surface area contributed by atoms with Crippen LogP contribution in [0.15, 0.2) is 30.3 Å². The molecule has 1 aliphatic rings. The molecule has 3 rings (SSSR count). The smallest absolute Gasteiger partial charge is 0.311 e. The molecule has 0 spiro atoms. The molecule has 1 aliphatic heterocycles. The second-order valence-electron chi connectivity index (χ2n) is 8.32. The Bertz CT molecular complexity index is 925. The Morgan fingerprint density at radius 2 is 1.69 bits per heavy atom. The van der Waals surface area contributed by atoms with Gasteiger partial charge in [0.05, 0.1) is 6.10 Å². The van der Waals surface area contributed by atoms with Crippen LogP contribution in [0.3, 0.4) is 0 Å². The third-order valence-electron chi connectivity index (χ3n) is 5.72. The van der Waals surface area contributed by atoms with E-state index in [1.807, 2.05) is 0 Å². The summed E-state index contributed by atoms with van der Waals surface area (Å²) in [5, 5.41) is 40.1. The highest BCUT2D eigenvalue weighted by molar-refractivity contribution is 5.73. The van der Waals surface area contributed by atoms with E-state index < -0.39 is 12.2 Å². The molecule has 0 saturated carbocycles. The molecule has 2 aromatic carbocycles. The number of benzene rings is 2. The summed E-state index contributed by atoms with van der Waals surface area (Å²) < 4.78 is 11.3. The van der Waals surface area contributed by atoms with Gasteiger partial charge in [0.1, 0.15) is 23.4 Å². The van der Waals surface area contributed by atoms with Crippen LogP contribution in [0, 0.1) is 0 Å². The number of rotatable bonds is 10. The van der Waals surface area contributed by atoms with E-state index in [9.17, 15) is 25.2 Å². The Morgan fingerprint density at radius 1 is 0.969 bits per heavy atom. The molecule has 7 heteroatoms. The Morgan fingerprint density at radius 3 is 2.41 bits per heavy atom. The second-order valence-corrected chi connectivity index (χ2v) is 8.32. The van der Waals surface area contributed by atoms with Crippen molar-refractivity contribution < 1.29 is 34.7 Å². The molecule has 1 heterocycles. The maximum Gasteiger partial charge on any atom is 0.311 e. The maximum atomic E-state index is 12.2. The first-order chi connectivity index (χ1) is 15.4. The Hall–Kier alpha value is -2.93. The van der Waals surface area contributed by atoms with Gasteiger partial charge in [-0.3, -0.25) is 4.79 Å². The van der Waals surface area contributed by atoms with Crippen molar-refractivity contribution in [3.63, 3.8) is 0 Å². The molecule has 32 heavy (non-hydrogen) atoms. The Labute approximate surface area is 188 Å².